The number of esters is 2. The number of hydrogen-bond donors (Lipinski definition) is 1. The van der Waals surface area contributed by atoms with Crippen LogP contribution in [0.4, 0.5) is 0 Å². The predicted molar refractivity (Wildman–Crippen MR) is 49.2 cm³/mol. The van der Waals surface area contributed by atoms with Gasteiger partial charge in [0.05, 0.1) is 0 Å². The van der Waals surface area contributed by atoms with Gasteiger partial charge in [-0.1, -0.05) is 6.42 Å². The van der Waals surface area contributed by atoms with Crippen LogP contribution >= 0.6 is 0 Å². The zero-order valence-corrected chi connectivity index (χ0v) is 8.26. The fraction of sp³-hybridized carbons (Fsp3) is 0.778. The van der Waals surface area contributed by atoms with Gasteiger partial charge in [-0.2, -0.15) is 0 Å². The number of carbonyl (C=O) groups excluding carboxylic acids is 2. The minimum absolute atomic E-state index is 0.562. The molecule has 0 aromatic heterocycles. The van der Waals surface area contributed by atoms with E-state index < -0.39 is 11.9 Å². The third-order valence-corrected chi connectivity index (χ3v) is 1.49. The summed E-state index contributed by atoms with van der Waals surface area (Å²) < 4.78 is 3.97. The third-order valence-electron chi connectivity index (χ3n) is 1.49. The topological polar surface area (TPSA) is 55.4 Å². The monoisotopic (exact) mass is 187 g/mol. The molecule has 0 spiro atoms. The number of rotatable bonds is 0. The van der Waals surface area contributed by atoms with Crippen molar-refractivity contribution in [2.24, 2.45) is 0 Å². The van der Waals surface area contributed by atoms with Gasteiger partial charge in [-0.05, 0) is 25.9 Å². The molecular formula is C9H17NO3. The largest absolute Gasteiger partial charge is 0.394 e. The van der Waals surface area contributed by atoms with Gasteiger partial charge in [0.25, 0.3) is 0 Å². The van der Waals surface area contributed by atoms with Crippen molar-refractivity contribution in [2.75, 3.05) is 13.1 Å². The molecule has 1 N–H and O–H groups in total. The Bertz CT molecular complexity index is 141. The quantitative estimate of drug-likeness (QED) is 0.451. The fourth-order valence-electron chi connectivity index (χ4n) is 1.00. The summed E-state index contributed by atoms with van der Waals surface area (Å²) in [6, 6.07) is 0. The van der Waals surface area contributed by atoms with Gasteiger partial charge < -0.3 is 10.1 Å². The molecule has 1 saturated heterocycles. The van der Waals surface area contributed by atoms with E-state index in [4.69, 9.17) is 0 Å². The lowest BCUT2D eigenvalue weighted by atomic mass is 10.2. The lowest BCUT2D eigenvalue weighted by molar-refractivity contribution is -0.156. The molecule has 76 valence electrons. The summed E-state index contributed by atoms with van der Waals surface area (Å²) in [4.78, 5) is 19.6. The van der Waals surface area contributed by atoms with Crippen LogP contribution in [0, 0.1) is 0 Å². The van der Waals surface area contributed by atoms with Crippen LogP contribution in [0.3, 0.4) is 0 Å². The molecule has 0 aromatic carbocycles. The Morgan fingerprint density at radius 1 is 1.00 bits per heavy atom. The van der Waals surface area contributed by atoms with Crippen LogP contribution in [-0.4, -0.2) is 25.0 Å². The molecule has 0 amide bonds. The zero-order chi connectivity index (χ0) is 10.1. The van der Waals surface area contributed by atoms with Crippen LogP contribution in [0.1, 0.15) is 33.1 Å². The number of nitrogens with one attached hydrogen (secondary N) is 1. The Kier molecular flexibility index (Phi) is 7.20. The Balaban J connectivity index is 0.000000223. The van der Waals surface area contributed by atoms with E-state index in [0.29, 0.717) is 0 Å². The highest BCUT2D eigenvalue weighted by atomic mass is 16.6. The lowest BCUT2D eigenvalue weighted by Crippen LogP contribution is -2.21. The van der Waals surface area contributed by atoms with Crippen molar-refractivity contribution >= 4 is 11.9 Å². The molecule has 1 aliphatic rings. The van der Waals surface area contributed by atoms with Crippen LogP contribution in [0.5, 0.6) is 0 Å². The van der Waals surface area contributed by atoms with E-state index in [1.165, 1.54) is 46.2 Å². The Morgan fingerprint density at radius 2 is 1.46 bits per heavy atom. The molecule has 13 heavy (non-hydrogen) atoms. The van der Waals surface area contributed by atoms with E-state index >= 15 is 0 Å². The van der Waals surface area contributed by atoms with Crippen molar-refractivity contribution < 1.29 is 14.3 Å². The molecule has 1 heterocycles. The van der Waals surface area contributed by atoms with Crippen LogP contribution in [0.15, 0.2) is 0 Å². The van der Waals surface area contributed by atoms with Crippen LogP contribution < -0.4 is 5.32 Å². The van der Waals surface area contributed by atoms with Gasteiger partial charge in [0.15, 0.2) is 0 Å². The van der Waals surface area contributed by atoms with Gasteiger partial charge in [0.2, 0.25) is 0 Å². The Hall–Kier alpha value is -0.900. The standard InChI is InChI=1S/C5H11N.C4H6O3/c1-2-4-6-5-3-1;1-3(5)7-4(2)6/h6H,1-5H2;1-2H3. The number of hydrogen-bond acceptors (Lipinski definition) is 4. The highest BCUT2D eigenvalue weighted by Gasteiger charge is 1.94. The van der Waals surface area contributed by atoms with Gasteiger partial charge in [-0.25, -0.2) is 0 Å². The van der Waals surface area contributed by atoms with E-state index in [-0.39, 0.29) is 0 Å². The Morgan fingerprint density at radius 3 is 1.54 bits per heavy atom. The summed E-state index contributed by atoms with van der Waals surface area (Å²) in [5, 5.41) is 3.28. The van der Waals surface area contributed by atoms with Gasteiger partial charge in [-0.3, -0.25) is 9.59 Å². The third kappa shape index (κ3) is 11.1. The molecule has 1 aliphatic heterocycles. The summed E-state index contributed by atoms with van der Waals surface area (Å²) in [5.74, 6) is -1.12. The van der Waals surface area contributed by atoms with Crippen LogP contribution in [-0.2, 0) is 14.3 Å². The predicted octanol–water partition coefficient (Wildman–Crippen LogP) is 0.856. The molecule has 0 atom stereocenters. The average molecular weight is 187 g/mol. The molecular weight excluding hydrogens is 170 g/mol. The van der Waals surface area contributed by atoms with Crippen molar-refractivity contribution in [2.45, 2.75) is 33.1 Å². The second-order valence-corrected chi connectivity index (χ2v) is 2.90. The molecule has 0 saturated carbocycles. The summed E-state index contributed by atoms with van der Waals surface area (Å²) >= 11 is 0. The van der Waals surface area contributed by atoms with Gasteiger partial charge >= 0.3 is 11.9 Å². The first-order valence-corrected chi connectivity index (χ1v) is 4.52. The van der Waals surface area contributed by atoms with Gasteiger partial charge in [-0.15, -0.1) is 0 Å². The molecule has 1 rings (SSSR count). The van der Waals surface area contributed by atoms with Crippen LogP contribution in [0.2, 0.25) is 0 Å². The highest BCUT2D eigenvalue weighted by Crippen LogP contribution is 1.96. The molecule has 4 nitrogen and oxygen atoms in total. The van der Waals surface area contributed by atoms with E-state index in [9.17, 15) is 9.59 Å². The summed E-state index contributed by atoms with van der Waals surface area (Å²) in [6.45, 7) is 4.86. The fourth-order valence-corrected chi connectivity index (χ4v) is 1.00. The number of ether oxygens (including phenoxy) is 1. The maximum absolute atomic E-state index is 9.81. The SMILES string of the molecule is C1CCNCC1.CC(=O)OC(C)=O. The molecule has 0 radical (unpaired) electrons. The molecule has 0 unspecified atom stereocenters. The minimum Gasteiger partial charge on any atom is -0.394 e. The van der Waals surface area contributed by atoms with Crippen molar-refractivity contribution in [1.29, 1.82) is 0 Å². The van der Waals surface area contributed by atoms with Crippen molar-refractivity contribution in [3.05, 3.63) is 0 Å². The first-order valence-electron chi connectivity index (χ1n) is 4.52. The van der Waals surface area contributed by atoms with Gasteiger partial charge in [0, 0.05) is 13.8 Å². The second-order valence-electron chi connectivity index (χ2n) is 2.90. The summed E-state index contributed by atoms with van der Waals surface area (Å²) in [5.41, 5.74) is 0. The van der Waals surface area contributed by atoms with E-state index in [2.05, 4.69) is 10.1 Å². The lowest BCUT2D eigenvalue weighted by Gasteiger charge is -2.08. The number of carbonyl (C=O) groups is 2. The molecule has 0 aromatic rings. The molecule has 1 fully saturated rings. The number of piperidine rings is 1. The van der Waals surface area contributed by atoms with E-state index in [0.717, 1.165) is 0 Å². The second kappa shape index (κ2) is 7.73. The summed E-state index contributed by atoms with van der Waals surface area (Å²) in [6.07, 6.45) is 4.22. The molecule has 0 bridgehead atoms. The zero-order valence-electron chi connectivity index (χ0n) is 8.26. The van der Waals surface area contributed by atoms with Crippen molar-refractivity contribution in [1.82, 2.24) is 5.32 Å². The maximum Gasteiger partial charge on any atom is 0.310 e. The first kappa shape index (κ1) is 12.1. The Labute approximate surface area is 78.6 Å². The van der Waals surface area contributed by atoms with E-state index in [1.54, 1.807) is 0 Å². The van der Waals surface area contributed by atoms with Gasteiger partial charge in [0.1, 0.15) is 0 Å². The highest BCUT2D eigenvalue weighted by molar-refractivity contribution is 5.82. The molecule has 0 aliphatic carbocycles. The van der Waals surface area contributed by atoms with E-state index in [1.807, 2.05) is 0 Å². The van der Waals surface area contributed by atoms with Crippen molar-refractivity contribution in [3.63, 3.8) is 0 Å². The smallest absolute Gasteiger partial charge is 0.310 e. The normalized spacial score (nSPS) is 15.2. The van der Waals surface area contributed by atoms with Crippen LogP contribution in [0.25, 0.3) is 0 Å². The maximum atomic E-state index is 9.81. The van der Waals surface area contributed by atoms with Crippen molar-refractivity contribution in [3.8, 4) is 0 Å². The summed E-state index contributed by atoms with van der Waals surface area (Å²) in [7, 11) is 0. The first-order chi connectivity index (χ1) is 6.13. The minimum atomic E-state index is -0.562. The average Bonchev–Trinajstić information content (AvgIpc) is 2.06. The molecule has 4 heteroatoms.